The van der Waals surface area contributed by atoms with Gasteiger partial charge in [0.2, 0.25) is 0 Å². The summed E-state index contributed by atoms with van der Waals surface area (Å²) in [6.07, 6.45) is 3.97. The van der Waals surface area contributed by atoms with Gasteiger partial charge in [-0.1, -0.05) is 32.0 Å². The fourth-order valence-corrected chi connectivity index (χ4v) is 3.65. The molecule has 3 unspecified atom stereocenters. The molecule has 2 rings (SSSR count). The lowest BCUT2D eigenvalue weighted by molar-refractivity contribution is 0.227. The van der Waals surface area contributed by atoms with Crippen LogP contribution in [-0.2, 0) is 0 Å². The quantitative estimate of drug-likeness (QED) is 0.850. The van der Waals surface area contributed by atoms with Crippen LogP contribution < -0.4 is 10.1 Å². The van der Waals surface area contributed by atoms with Crippen LogP contribution in [0.25, 0.3) is 0 Å². The fourth-order valence-electron chi connectivity index (χ4n) is 3.65. The zero-order valence-corrected chi connectivity index (χ0v) is 13.4. The van der Waals surface area contributed by atoms with Crippen LogP contribution in [-0.4, -0.2) is 12.6 Å². The second-order valence-corrected chi connectivity index (χ2v) is 6.47. The third kappa shape index (κ3) is 3.99. The summed E-state index contributed by atoms with van der Waals surface area (Å²) >= 11 is 0. The lowest BCUT2D eigenvalue weighted by atomic mass is 9.80. The van der Waals surface area contributed by atoms with E-state index in [1.807, 2.05) is 13.0 Å². The Morgan fingerprint density at radius 1 is 1.15 bits per heavy atom. The molecule has 112 valence electrons. The smallest absolute Gasteiger partial charge is 0.124 e. The summed E-state index contributed by atoms with van der Waals surface area (Å²) in [5.41, 5.74) is 1.28. The highest BCUT2D eigenvalue weighted by Crippen LogP contribution is 2.31. The molecule has 20 heavy (non-hydrogen) atoms. The molecule has 0 aliphatic heterocycles. The second kappa shape index (κ2) is 7.12. The zero-order valence-electron chi connectivity index (χ0n) is 13.4. The molecule has 1 fully saturated rings. The monoisotopic (exact) mass is 275 g/mol. The van der Waals surface area contributed by atoms with E-state index in [1.165, 1.54) is 24.8 Å². The molecule has 2 nitrogen and oxygen atoms in total. The number of nitrogens with one attached hydrogen (secondary N) is 1. The normalized spacial score (nSPS) is 28.1. The molecule has 0 spiro atoms. The van der Waals surface area contributed by atoms with Gasteiger partial charge < -0.3 is 10.1 Å². The first kappa shape index (κ1) is 15.4. The van der Waals surface area contributed by atoms with Crippen molar-refractivity contribution in [3.63, 3.8) is 0 Å². The van der Waals surface area contributed by atoms with E-state index >= 15 is 0 Å². The number of ether oxygens (including phenoxy) is 1. The Bertz CT molecular complexity index is 408. The van der Waals surface area contributed by atoms with Crippen molar-refractivity contribution in [1.82, 2.24) is 5.32 Å². The maximum atomic E-state index is 5.75. The number of hydrogen-bond donors (Lipinski definition) is 1. The molecule has 0 heterocycles. The topological polar surface area (TPSA) is 21.3 Å². The van der Waals surface area contributed by atoms with Crippen molar-refractivity contribution in [1.29, 1.82) is 0 Å². The minimum Gasteiger partial charge on any atom is -0.494 e. The van der Waals surface area contributed by atoms with Crippen molar-refractivity contribution < 1.29 is 4.74 Å². The summed E-state index contributed by atoms with van der Waals surface area (Å²) in [4.78, 5) is 0. The molecule has 1 aromatic rings. The first-order valence-electron chi connectivity index (χ1n) is 8.07. The van der Waals surface area contributed by atoms with Gasteiger partial charge in [0.25, 0.3) is 0 Å². The zero-order chi connectivity index (χ0) is 14.5. The second-order valence-electron chi connectivity index (χ2n) is 6.47. The molecule has 3 atom stereocenters. The molecule has 2 heteroatoms. The lowest BCUT2D eigenvalue weighted by Crippen LogP contribution is -2.37. The maximum absolute atomic E-state index is 5.75. The van der Waals surface area contributed by atoms with Gasteiger partial charge in [-0.25, -0.2) is 0 Å². The molecule has 1 saturated carbocycles. The molecule has 1 aliphatic rings. The molecule has 0 amide bonds. The van der Waals surface area contributed by atoms with Crippen LogP contribution in [0.15, 0.2) is 24.3 Å². The van der Waals surface area contributed by atoms with E-state index < -0.39 is 0 Å². The molecular weight excluding hydrogens is 246 g/mol. The van der Waals surface area contributed by atoms with Crippen molar-refractivity contribution in [2.75, 3.05) is 6.61 Å². The van der Waals surface area contributed by atoms with E-state index in [-0.39, 0.29) is 0 Å². The Hall–Kier alpha value is -1.02. The van der Waals surface area contributed by atoms with E-state index in [0.717, 1.165) is 24.2 Å². The number of hydrogen-bond acceptors (Lipinski definition) is 2. The molecule has 0 aromatic heterocycles. The third-order valence-electron chi connectivity index (χ3n) is 4.35. The molecule has 0 bridgehead atoms. The van der Waals surface area contributed by atoms with Crippen molar-refractivity contribution in [3.05, 3.63) is 29.8 Å². The minimum atomic E-state index is 0.347. The summed E-state index contributed by atoms with van der Waals surface area (Å²) in [5.74, 6) is 2.70. The van der Waals surface area contributed by atoms with Gasteiger partial charge in [0.1, 0.15) is 5.75 Å². The standard InChI is InChI=1S/C18H29NO/c1-5-20-18-9-7-6-8-17(18)15(4)19-16-11-13(2)10-14(3)12-16/h6-9,13-16,19H,5,10-12H2,1-4H3. The first-order valence-corrected chi connectivity index (χ1v) is 8.07. The van der Waals surface area contributed by atoms with Crippen LogP contribution >= 0.6 is 0 Å². The van der Waals surface area contributed by atoms with Crippen LogP contribution in [0.5, 0.6) is 5.75 Å². The van der Waals surface area contributed by atoms with Crippen LogP contribution in [0.4, 0.5) is 0 Å². The molecule has 1 N–H and O–H groups in total. The van der Waals surface area contributed by atoms with Crippen molar-refractivity contribution in [3.8, 4) is 5.75 Å². The number of para-hydroxylation sites is 1. The molecular formula is C18H29NO. The van der Waals surface area contributed by atoms with E-state index in [1.54, 1.807) is 0 Å². The first-order chi connectivity index (χ1) is 9.60. The Morgan fingerprint density at radius 3 is 2.45 bits per heavy atom. The minimum absolute atomic E-state index is 0.347. The van der Waals surface area contributed by atoms with Crippen LogP contribution in [0.2, 0.25) is 0 Å². The molecule has 0 saturated heterocycles. The van der Waals surface area contributed by atoms with Gasteiger partial charge in [-0.2, -0.15) is 0 Å². The van der Waals surface area contributed by atoms with Crippen LogP contribution in [0, 0.1) is 11.8 Å². The summed E-state index contributed by atoms with van der Waals surface area (Å²) in [7, 11) is 0. The van der Waals surface area contributed by atoms with E-state index in [4.69, 9.17) is 4.74 Å². The van der Waals surface area contributed by atoms with Gasteiger partial charge in [0.15, 0.2) is 0 Å². The highest BCUT2D eigenvalue weighted by Gasteiger charge is 2.25. The van der Waals surface area contributed by atoms with Gasteiger partial charge in [-0.15, -0.1) is 0 Å². The Morgan fingerprint density at radius 2 is 1.80 bits per heavy atom. The molecule has 0 radical (unpaired) electrons. The van der Waals surface area contributed by atoms with E-state index in [0.29, 0.717) is 12.1 Å². The summed E-state index contributed by atoms with van der Waals surface area (Å²) in [6.45, 7) is 9.77. The lowest BCUT2D eigenvalue weighted by Gasteiger charge is -2.34. The Kier molecular flexibility index (Phi) is 5.47. The predicted molar refractivity (Wildman–Crippen MR) is 85.1 cm³/mol. The van der Waals surface area contributed by atoms with Gasteiger partial charge in [-0.3, -0.25) is 0 Å². The summed E-state index contributed by atoms with van der Waals surface area (Å²) in [5, 5.41) is 3.81. The third-order valence-corrected chi connectivity index (χ3v) is 4.35. The summed E-state index contributed by atoms with van der Waals surface area (Å²) in [6, 6.07) is 9.38. The van der Waals surface area contributed by atoms with Gasteiger partial charge in [-0.05, 0) is 51.0 Å². The average Bonchev–Trinajstić information content (AvgIpc) is 2.38. The van der Waals surface area contributed by atoms with E-state index in [9.17, 15) is 0 Å². The van der Waals surface area contributed by atoms with Crippen LogP contribution in [0.1, 0.15) is 58.6 Å². The summed E-state index contributed by atoms with van der Waals surface area (Å²) < 4.78 is 5.75. The molecule has 1 aromatic carbocycles. The highest BCUT2D eigenvalue weighted by atomic mass is 16.5. The number of rotatable bonds is 5. The largest absolute Gasteiger partial charge is 0.494 e. The SMILES string of the molecule is CCOc1ccccc1C(C)NC1CC(C)CC(C)C1. The van der Waals surface area contributed by atoms with Gasteiger partial charge in [0.05, 0.1) is 6.61 Å². The van der Waals surface area contributed by atoms with Crippen molar-refractivity contribution in [2.45, 2.75) is 59.0 Å². The van der Waals surface area contributed by atoms with Crippen molar-refractivity contribution >= 4 is 0 Å². The Labute approximate surface area is 123 Å². The van der Waals surface area contributed by atoms with Gasteiger partial charge in [0, 0.05) is 17.6 Å². The number of benzene rings is 1. The van der Waals surface area contributed by atoms with E-state index in [2.05, 4.69) is 44.3 Å². The van der Waals surface area contributed by atoms with Crippen LogP contribution in [0.3, 0.4) is 0 Å². The van der Waals surface area contributed by atoms with Gasteiger partial charge >= 0.3 is 0 Å². The van der Waals surface area contributed by atoms with Crippen molar-refractivity contribution in [2.24, 2.45) is 11.8 Å². The maximum Gasteiger partial charge on any atom is 0.124 e. The average molecular weight is 275 g/mol. The fraction of sp³-hybridized carbons (Fsp3) is 0.667. The predicted octanol–water partition coefficient (Wildman–Crippen LogP) is 4.56. The Balaban J connectivity index is 2.02. The highest BCUT2D eigenvalue weighted by molar-refractivity contribution is 5.35. The molecule has 1 aliphatic carbocycles.